The van der Waals surface area contributed by atoms with Crippen LogP contribution in [0.2, 0.25) is 10.0 Å². The second kappa shape index (κ2) is 5.47. The molecule has 98 valence electrons. The van der Waals surface area contributed by atoms with E-state index >= 15 is 0 Å². The first-order valence-electron chi connectivity index (χ1n) is 5.30. The molecule has 0 saturated carbocycles. The molecule has 0 bridgehead atoms. The first-order valence-corrected chi connectivity index (χ1v) is 6.05. The zero-order valence-electron chi connectivity index (χ0n) is 9.87. The number of ether oxygens (including phenoxy) is 1. The molecule has 0 unspecified atom stereocenters. The number of carbonyl (C=O) groups is 1. The van der Waals surface area contributed by atoms with Gasteiger partial charge in [0.2, 0.25) is 5.56 Å². The van der Waals surface area contributed by atoms with E-state index in [9.17, 15) is 9.59 Å². The lowest BCUT2D eigenvalue weighted by atomic mass is 10.0. The van der Waals surface area contributed by atoms with Gasteiger partial charge in [-0.05, 0) is 18.2 Å². The fourth-order valence-electron chi connectivity index (χ4n) is 1.67. The molecule has 2 aromatic rings. The zero-order chi connectivity index (χ0) is 14.0. The molecule has 0 aliphatic rings. The van der Waals surface area contributed by atoms with E-state index in [1.165, 1.54) is 19.2 Å². The van der Waals surface area contributed by atoms with Gasteiger partial charge in [-0.2, -0.15) is 0 Å². The average molecular weight is 298 g/mol. The largest absolute Gasteiger partial charge is 0.464 e. The maximum atomic E-state index is 11.7. The van der Waals surface area contributed by atoms with Crippen LogP contribution in [0.4, 0.5) is 0 Å². The topological polar surface area (TPSA) is 59.2 Å². The summed E-state index contributed by atoms with van der Waals surface area (Å²) in [6.45, 7) is 0. The van der Waals surface area contributed by atoms with E-state index in [1.54, 1.807) is 18.2 Å². The number of nitrogens with one attached hydrogen (secondary N) is 1. The number of benzene rings is 1. The van der Waals surface area contributed by atoms with Crippen LogP contribution in [0.5, 0.6) is 0 Å². The average Bonchev–Trinajstić information content (AvgIpc) is 2.38. The fraction of sp³-hybridized carbons (Fsp3) is 0.0769. The monoisotopic (exact) mass is 297 g/mol. The Bertz CT molecular complexity index is 695. The van der Waals surface area contributed by atoms with Crippen molar-refractivity contribution in [2.45, 2.75) is 0 Å². The molecule has 1 heterocycles. The van der Waals surface area contributed by atoms with Crippen molar-refractivity contribution in [3.8, 4) is 11.1 Å². The molecule has 0 atom stereocenters. The first kappa shape index (κ1) is 13.6. The number of methoxy groups -OCH3 is 1. The van der Waals surface area contributed by atoms with E-state index in [2.05, 4.69) is 9.72 Å². The lowest BCUT2D eigenvalue weighted by Crippen LogP contribution is -2.14. The normalized spacial score (nSPS) is 10.3. The van der Waals surface area contributed by atoms with Crippen molar-refractivity contribution in [2.24, 2.45) is 0 Å². The minimum atomic E-state index is -0.640. The highest BCUT2D eigenvalue weighted by atomic mass is 35.5. The molecular formula is C13H9Cl2NO3. The van der Waals surface area contributed by atoms with Gasteiger partial charge in [0.25, 0.3) is 0 Å². The molecule has 19 heavy (non-hydrogen) atoms. The summed E-state index contributed by atoms with van der Waals surface area (Å²) in [7, 11) is 1.24. The zero-order valence-corrected chi connectivity index (χ0v) is 11.4. The highest BCUT2D eigenvalue weighted by Gasteiger charge is 2.16. The van der Waals surface area contributed by atoms with Crippen molar-refractivity contribution in [1.29, 1.82) is 0 Å². The third-order valence-electron chi connectivity index (χ3n) is 2.53. The first-order chi connectivity index (χ1) is 9.02. The number of H-pyrrole nitrogens is 1. The summed E-state index contributed by atoms with van der Waals surface area (Å²) in [6, 6.07) is 7.71. The predicted molar refractivity (Wildman–Crippen MR) is 73.9 cm³/mol. The molecule has 0 fully saturated rings. The van der Waals surface area contributed by atoms with Crippen LogP contribution in [-0.4, -0.2) is 18.1 Å². The van der Waals surface area contributed by atoms with Crippen LogP contribution in [-0.2, 0) is 4.74 Å². The van der Waals surface area contributed by atoms with Crippen molar-refractivity contribution in [3.63, 3.8) is 0 Å². The maximum absolute atomic E-state index is 11.7. The molecular weight excluding hydrogens is 289 g/mol. The fourth-order valence-corrected chi connectivity index (χ4v) is 2.18. The molecule has 0 spiro atoms. The van der Waals surface area contributed by atoms with Crippen LogP contribution in [0, 0.1) is 0 Å². The number of carbonyl (C=O) groups excluding carboxylic acids is 1. The van der Waals surface area contributed by atoms with E-state index < -0.39 is 11.5 Å². The van der Waals surface area contributed by atoms with Gasteiger partial charge >= 0.3 is 5.97 Å². The number of esters is 1. The van der Waals surface area contributed by atoms with Crippen molar-refractivity contribution in [2.75, 3.05) is 7.11 Å². The highest BCUT2D eigenvalue weighted by Crippen LogP contribution is 2.31. The minimum absolute atomic E-state index is 0.0548. The van der Waals surface area contributed by atoms with Crippen LogP contribution >= 0.6 is 23.2 Å². The Kier molecular flexibility index (Phi) is 3.93. The molecule has 6 heteroatoms. The molecule has 0 aliphatic heterocycles. The standard InChI is InChI=1S/C13H9Cl2NO3/c1-19-13(18)12-9(4-5-11(17)16-12)8-3-2-7(14)6-10(8)15/h2-6H,1H3,(H,16,17). The Balaban J connectivity index is 2.68. The second-order valence-electron chi connectivity index (χ2n) is 3.73. The molecule has 2 rings (SSSR count). The number of aromatic nitrogens is 1. The van der Waals surface area contributed by atoms with Gasteiger partial charge in [-0.25, -0.2) is 4.79 Å². The Morgan fingerprint density at radius 1 is 1.16 bits per heavy atom. The lowest BCUT2D eigenvalue weighted by Gasteiger charge is -2.09. The maximum Gasteiger partial charge on any atom is 0.355 e. The molecule has 0 aliphatic carbocycles. The molecule has 4 nitrogen and oxygen atoms in total. The highest BCUT2D eigenvalue weighted by molar-refractivity contribution is 6.36. The summed E-state index contributed by atoms with van der Waals surface area (Å²) in [5.74, 6) is -0.640. The second-order valence-corrected chi connectivity index (χ2v) is 4.57. The number of hydrogen-bond acceptors (Lipinski definition) is 3. The number of rotatable bonds is 2. The van der Waals surface area contributed by atoms with E-state index in [-0.39, 0.29) is 5.69 Å². The molecule has 1 aromatic heterocycles. The van der Waals surface area contributed by atoms with E-state index in [0.717, 1.165) is 0 Å². The van der Waals surface area contributed by atoms with E-state index in [0.29, 0.717) is 21.2 Å². The number of pyridine rings is 1. The predicted octanol–water partition coefficient (Wildman–Crippen LogP) is 3.14. The van der Waals surface area contributed by atoms with Gasteiger partial charge in [0, 0.05) is 27.2 Å². The minimum Gasteiger partial charge on any atom is -0.464 e. The summed E-state index contributed by atoms with van der Waals surface area (Å²) in [6.07, 6.45) is 0. The third kappa shape index (κ3) is 2.80. The molecule has 0 amide bonds. The summed E-state index contributed by atoms with van der Waals surface area (Å²) in [4.78, 5) is 25.4. The Labute approximate surface area is 118 Å². The Hall–Kier alpha value is -1.78. The van der Waals surface area contributed by atoms with E-state index in [1.807, 2.05) is 0 Å². The molecule has 0 radical (unpaired) electrons. The van der Waals surface area contributed by atoms with Crippen molar-refractivity contribution < 1.29 is 9.53 Å². The number of halogens is 2. The summed E-state index contributed by atoms with van der Waals surface area (Å²) in [5, 5.41) is 0.863. The summed E-state index contributed by atoms with van der Waals surface area (Å²) < 4.78 is 4.64. The lowest BCUT2D eigenvalue weighted by molar-refractivity contribution is 0.0594. The quantitative estimate of drug-likeness (QED) is 0.866. The van der Waals surface area contributed by atoms with Crippen molar-refractivity contribution in [3.05, 3.63) is 56.4 Å². The van der Waals surface area contributed by atoms with Crippen molar-refractivity contribution >= 4 is 29.2 Å². The van der Waals surface area contributed by atoms with Crippen LogP contribution < -0.4 is 5.56 Å². The van der Waals surface area contributed by atoms with Crippen molar-refractivity contribution in [1.82, 2.24) is 4.98 Å². The smallest absolute Gasteiger partial charge is 0.355 e. The van der Waals surface area contributed by atoms with Crippen LogP contribution in [0.15, 0.2) is 35.1 Å². The van der Waals surface area contributed by atoms with Crippen LogP contribution in [0.3, 0.4) is 0 Å². The van der Waals surface area contributed by atoms with Gasteiger partial charge in [0.15, 0.2) is 0 Å². The van der Waals surface area contributed by atoms with Gasteiger partial charge in [-0.3, -0.25) is 4.79 Å². The Morgan fingerprint density at radius 3 is 2.47 bits per heavy atom. The van der Waals surface area contributed by atoms with Crippen LogP contribution in [0.1, 0.15) is 10.5 Å². The van der Waals surface area contributed by atoms with Gasteiger partial charge in [0.1, 0.15) is 5.69 Å². The molecule has 1 aromatic carbocycles. The van der Waals surface area contributed by atoms with Gasteiger partial charge in [0.05, 0.1) is 7.11 Å². The van der Waals surface area contributed by atoms with E-state index in [4.69, 9.17) is 23.2 Å². The third-order valence-corrected chi connectivity index (χ3v) is 3.08. The number of aromatic amines is 1. The molecule has 1 N–H and O–H groups in total. The Morgan fingerprint density at radius 2 is 1.84 bits per heavy atom. The summed E-state index contributed by atoms with van der Waals surface area (Å²) >= 11 is 11.9. The van der Waals surface area contributed by atoms with Crippen LogP contribution in [0.25, 0.3) is 11.1 Å². The van der Waals surface area contributed by atoms with Gasteiger partial charge < -0.3 is 9.72 Å². The van der Waals surface area contributed by atoms with Gasteiger partial charge in [-0.1, -0.05) is 29.3 Å². The SMILES string of the molecule is COC(=O)c1[nH]c(=O)ccc1-c1ccc(Cl)cc1Cl. The summed E-state index contributed by atoms with van der Waals surface area (Å²) in [5.41, 5.74) is 0.726. The molecule has 0 saturated heterocycles. The van der Waals surface area contributed by atoms with Gasteiger partial charge in [-0.15, -0.1) is 0 Å². The number of hydrogen-bond donors (Lipinski definition) is 1.